The van der Waals surface area contributed by atoms with Crippen LogP contribution in [-0.2, 0) is 0 Å². The van der Waals surface area contributed by atoms with E-state index < -0.39 is 0 Å². The van der Waals surface area contributed by atoms with Crippen LogP contribution < -0.4 is 24.4 Å². The maximum Gasteiger partial charge on any atom is 0.321 e. The van der Waals surface area contributed by atoms with Gasteiger partial charge in [-0.3, -0.25) is 4.90 Å². The van der Waals surface area contributed by atoms with Crippen LogP contribution in [0, 0.1) is 6.92 Å². The fourth-order valence-corrected chi connectivity index (χ4v) is 3.08. The molecule has 8 heteroatoms. The summed E-state index contributed by atoms with van der Waals surface area (Å²) in [5.74, 6) is 2.16. The number of benzene rings is 2. The summed E-state index contributed by atoms with van der Waals surface area (Å²) >= 11 is 0. The molecule has 0 bridgehead atoms. The maximum absolute atomic E-state index is 12.2. The molecule has 1 aromatic heterocycles. The van der Waals surface area contributed by atoms with Gasteiger partial charge in [0.15, 0.2) is 11.5 Å². The van der Waals surface area contributed by atoms with E-state index in [0.29, 0.717) is 40.6 Å². The van der Waals surface area contributed by atoms with Crippen molar-refractivity contribution in [1.82, 2.24) is 15.3 Å². The van der Waals surface area contributed by atoms with Gasteiger partial charge in [0.2, 0.25) is 5.88 Å². The summed E-state index contributed by atoms with van der Waals surface area (Å²) in [6, 6.07) is 8.95. The van der Waals surface area contributed by atoms with Crippen molar-refractivity contribution >= 4 is 22.6 Å². The molecular weight excluding hydrogens is 384 g/mol. The number of methoxy groups -OCH3 is 2. The Bertz CT molecular complexity index is 1050. The lowest BCUT2D eigenvalue weighted by molar-refractivity contribution is 0.247. The standard InChI is InChI=1S/C22H26N4O4/c1-6-9-23-22(27)26(3)18-8-7-15(10-14(18)2)30-21-16-11-19(28-4)20(29-5)12-17(16)24-13-25-21/h7-8,10-13H,6,9H2,1-5H3,(H,23,27). The number of ether oxygens (including phenoxy) is 3. The number of hydrogen-bond acceptors (Lipinski definition) is 6. The molecular formula is C22H26N4O4. The van der Waals surface area contributed by atoms with Crippen molar-refractivity contribution in [3.8, 4) is 23.1 Å². The fraction of sp³-hybridized carbons (Fsp3) is 0.318. The average Bonchev–Trinajstić information content (AvgIpc) is 2.76. The van der Waals surface area contributed by atoms with Crippen molar-refractivity contribution in [1.29, 1.82) is 0 Å². The highest BCUT2D eigenvalue weighted by molar-refractivity contribution is 5.92. The summed E-state index contributed by atoms with van der Waals surface area (Å²) in [7, 11) is 4.89. The van der Waals surface area contributed by atoms with Gasteiger partial charge in [0, 0.05) is 25.3 Å². The molecule has 0 aliphatic heterocycles. The number of carbonyl (C=O) groups excluding carboxylic acids is 1. The lowest BCUT2D eigenvalue weighted by Crippen LogP contribution is -2.37. The first-order valence-electron chi connectivity index (χ1n) is 9.65. The zero-order chi connectivity index (χ0) is 21.7. The maximum atomic E-state index is 12.2. The second-order valence-electron chi connectivity index (χ2n) is 6.74. The second-order valence-corrected chi connectivity index (χ2v) is 6.74. The van der Waals surface area contributed by atoms with Crippen LogP contribution in [-0.4, -0.2) is 43.8 Å². The van der Waals surface area contributed by atoms with Crippen LogP contribution in [0.15, 0.2) is 36.7 Å². The van der Waals surface area contributed by atoms with Crippen LogP contribution in [0.4, 0.5) is 10.5 Å². The summed E-state index contributed by atoms with van der Waals surface area (Å²) < 4.78 is 16.8. The smallest absolute Gasteiger partial charge is 0.321 e. The summed E-state index contributed by atoms with van der Waals surface area (Å²) in [6.45, 7) is 4.58. The normalized spacial score (nSPS) is 10.6. The van der Waals surface area contributed by atoms with Crippen molar-refractivity contribution in [3.05, 3.63) is 42.2 Å². The van der Waals surface area contributed by atoms with Crippen molar-refractivity contribution in [2.75, 3.05) is 32.7 Å². The number of rotatable bonds is 7. The number of urea groups is 1. The molecule has 0 radical (unpaired) electrons. The van der Waals surface area contributed by atoms with Gasteiger partial charge in [-0.25, -0.2) is 14.8 Å². The molecule has 3 rings (SSSR count). The van der Waals surface area contributed by atoms with Gasteiger partial charge in [0.25, 0.3) is 0 Å². The third-order valence-electron chi connectivity index (χ3n) is 4.68. The largest absolute Gasteiger partial charge is 0.493 e. The summed E-state index contributed by atoms with van der Waals surface area (Å²) in [5.41, 5.74) is 2.38. The van der Waals surface area contributed by atoms with Gasteiger partial charge in [0.05, 0.1) is 25.1 Å². The third kappa shape index (κ3) is 4.37. The molecule has 1 N–H and O–H groups in total. The molecule has 0 spiro atoms. The van der Waals surface area contributed by atoms with E-state index in [2.05, 4.69) is 15.3 Å². The van der Waals surface area contributed by atoms with Crippen molar-refractivity contribution < 1.29 is 19.0 Å². The molecule has 3 aromatic rings. The molecule has 0 fully saturated rings. The zero-order valence-electron chi connectivity index (χ0n) is 17.9. The molecule has 0 atom stereocenters. The predicted molar refractivity (Wildman–Crippen MR) is 116 cm³/mol. The molecule has 1 heterocycles. The number of anilines is 1. The van der Waals surface area contributed by atoms with Crippen LogP contribution >= 0.6 is 0 Å². The zero-order valence-corrected chi connectivity index (χ0v) is 17.9. The highest BCUT2D eigenvalue weighted by Gasteiger charge is 2.15. The van der Waals surface area contributed by atoms with Gasteiger partial charge in [-0.1, -0.05) is 6.92 Å². The van der Waals surface area contributed by atoms with E-state index in [1.807, 2.05) is 26.0 Å². The Balaban J connectivity index is 1.89. The highest BCUT2D eigenvalue weighted by atomic mass is 16.5. The van der Waals surface area contributed by atoms with Crippen molar-refractivity contribution in [3.63, 3.8) is 0 Å². The van der Waals surface area contributed by atoms with Crippen LogP contribution in [0.1, 0.15) is 18.9 Å². The van der Waals surface area contributed by atoms with Gasteiger partial charge in [-0.15, -0.1) is 0 Å². The monoisotopic (exact) mass is 410 g/mol. The third-order valence-corrected chi connectivity index (χ3v) is 4.68. The van der Waals surface area contributed by atoms with E-state index in [4.69, 9.17) is 14.2 Å². The molecule has 2 amide bonds. The summed E-state index contributed by atoms with van der Waals surface area (Å²) in [5, 5.41) is 3.57. The Morgan fingerprint density at radius 3 is 2.50 bits per heavy atom. The molecule has 158 valence electrons. The average molecular weight is 410 g/mol. The van der Waals surface area contributed by atoms with Crippen LogP contribution in [0.2, 0.25) is 0 Å². The van der Waals surface area contributed by atoms with Gasteiger partial charge >= 0.3 is 6.03 Å². The van der Waals surface area contributed by atoms with E-state index in [1.165, 1.54) is 6.33 Å². The SMILES string of the molecule is CCCNC(=O)N(C)c1ccc(Oc2ncnc3cc(OC)c(OC)cc23)cc1C. The minimum Gasteiger partial charge on any atom is -0.493 e. The number of aromatic nitrogens is 2. The quantitative estimate of drug-likeness (QED) is 0.625. The molecule has 0 saturated carbocycles. The van der Waals surface area contributed by atoms with Crippen molar-refractivity contribution in [2.45, 2.75) is 20.3 Å². The lowest BCUT2D eigenvalue weighted by atomic mass is 10.1. The molecule has 0 saturated heterocycles. The van der Waals surface area contributed by atoms with Gasteiger partial charge in [0.1, 0.15) is 12.1 Å². The number of fused-ring (bicyclic) bond motifs is 1. The van der Waals surface area contributed by atoms with E-state index in [1.54, 1.807) is 44.4 Å². The molecule has 0 aliphatic rings. The number of hydrogen-bond donors (Lipinski definition) is 1. The molecule has 30 heavy (non-hydrogen) atoms. The van der Waals surface area contributed by atoms with E-state index in [9.17, 15) is 4.79 Å². The Morgan fingerprint density at radius 2 is 1.83 bits per heavy atom. The number of amides is 2. The molecule has 2 aromatic carbocycles. The number of nitrogens with one attached hydrogen (secondary N) is 1. The van der Waals surface area contributed by atoms with E-state index in [-0.39, 0.29) is 6.03 Å². The second kappa shape index (κ2) is 9.30. The first-order valence-corrected chi connectivity index (χ1v) is 9.65. The predicted octanol–water partition coefficient (Wildman–Crippen LogP) is 4.30. The minimum atomic E-state index is -0.142. The number of carbonyl (C=O) groups is 1. The fourth-order valence-electron chi connectivity index (χ4n) is 3.08. The molecule has 0 aliphatic carbocycles. The van der Waals surface area contributed by atoms with Crippen LogP contribution in [0.25, 0.3) is 10.9 Å². The van der Waals surface area contributed by atoms with Gasteiger partial charge in [-0.05, 0) is 43.2 Å². The van der Waals surface area contributed by atoms with Crippen molar-refractivity contribution in [2.24, 2.45) is 0 Å². The molecule has 0 unspecified atom stereocenters. The minimum absolute atomic E-state index is 0.142. The van der Waals surface area contributed by atoms with Crippen LogP contribution in [0.5, 0.6) is 23.1 Å². The Morgan fingerprint density at radius 1 is 1.10 bits per heavy atom. The van der Waals surface area contributed by atoms with E-state index in [0.717, 1.165) is 17.7 Å². The molecule has 8 nitrogen and oxygen atoms in total. The summed E-state index contributed by atoms with van der Waals surface area (Å²) in [4.78, 5) is 22.4. The Kier molecular flexibility index (Phi) is 6.56. The van der Waals surface area contributed by atoms with Gasteiger partial charge in [-0.2, -0.15) is 0 Å². The van der Waals surface area contributed by atoms with E-state index >= 15 is 0 Å². The Labute approximate surface area is 175 Å². The first-order chi connectivity index (χ1) is 14.5. The van der Waals surface area contributed by atoms with Gasteiger partial charge < -0.3 is 19.5 Å². The van der Waals surface area contributed by atoms with Crippen LogP contribution in [0.3, 0.4) is 0 Å². The first kappa shape index (κ1) is 21.2. The Hall–Kier alpha value is -3.55. The summed E-state index contributed by atoms with van der Waals surface area (Å²) in [6.07, 6.45) is 2.32. The topological polar surface area (TPSA) is 85.8 Å². The lowest BCUT2D eigenvalue weighted by Gasteiger charge is -2.20. The number of nitrogens with zero attached hydrogens (tertiary/aromatic N) is 3. The highest BCUT2D eigenvalue weighted by Crippen LogP contribution is 2.36. The number of aryl methyl sites for hydroxylation is 1.